The molecule has 0 amide bonds. The van der Waals surface area contributed by atoms with Gasteiger partial charge in [0, 0.05) is 33.2 Å². The fraction of sp³-hybridized carbons (Fsp3) is 0.650. The van der Waals surface area contributed by atoms with E-state index in [2.05, 4.69) is 57.5 Å². The standard InChI is InChI=1S/C20H32N4.HI/c1-21-19(24-15-12-20(17-24)10-6-11-20)22-13-7-14-23(2)16-18-8-4-3-5-9-18;/h3-5,8-9H,6-7,10-17H2,1-2H3,(H,21,22);1H. The molecule has 1 aromatic rings. The molecule has 1 saturated carbocycles. The predicted octanol–water partition coefficient (Wildman–Crippen LogP) is 3.58. The molecule has 0 aromatic heterocycles. The van der Waals surface area contributed by atoms with E-state index in [1.165, 1.54) is 44.3 Å². The zero-order chi connectivity index (χ0) is 16.8. The van der Waals surface area contributed by atoms with Gasteiger partial charge in [-0.15, -0.1) is 24.0 Å². The van der Waals surface area contributed by atoms with Crippen LogP contribution in [0.2, 0.25) is 0 Å². The van der Waals surface area contributed by atoms with Crippen LogP contribution < -0.4 is 5.32 Å². The summed E-state index contributed by atoms with van der Waals surface area (Å²) in [5.41, 5.74) is 2.01. The van der Waals surface area contributed by atoms with Crippen LogP contribution in [-0.2, 0) is 6.54 Å². The molecular weight excluding hydrogens is 423 g/mol. The first-order valence-electron chi connectivity index (χ1n) is 9.39. The third-order valence-corrected chi connectivity index (χ3v) is 5.66. The molecule has 25 heavy (non-hydrogen) atoms. The first-order valence-corrected chi connectivity index (χ1v) is 9.39. The second-order valence-electron chi connectivity index (χ2n) is 7.58. The molecule has 140 valence electrons. The maximum absolute atomic E-state index is 4.50. The molecule has 1 heterocycles. The van der Waals surface area contributed by atoms with Crippen molar-refractivity contribution in [3.8, 4) is 0 Å². The summed E-state index contributed by atoms with van der Waals surface area (Å²) in [5.74, 6) is 1.10. The first-order chi connectivity index (χ1) is 11.7. The molecule has 2 aliphatic rings. The SMILES string of the molecule is CN=C(NCCCN(C)Cc1ccccc1)N1CCC2(CCC2)C1.I. The predicted molar refractivity (Wildman–Crippen MR) is 117 cm³/mol. The van der Waals surface area contributed by atoms with Gasteiger partial charge in [-0.25, -0.2) is 0 Å². The Morgan fingerprint density at radius 2 is 2.00 bits per heavy atom. The summed E-state index contributed by atoms with van der Waals surface area (Å²) in [5, 5.41) is 3.57. The lowest BCUT2D eigenvalue weighted by molar-refractivity contribution is 0.151. The van der Waals surface area contributed by atoms with Crippen LogP contribution in [0.4, 0.5) is 0 Å². The van der Waals surface area contributed by atoms with Gasteiger partial charge < -0.3 is 15.1 Å². The van der Waals surface area contributed by atoms with Crippen molar-refractivity contribution in [2.24, 2.45) is 10.4 Å². The van der Waals surface area contributed by atoms with Crippen LogP contribution in [0.3, 0.4) is 0 Å². The summed E-state index contributed by atoms with van der Waals surface area (Å²) >= 11 is 0. The average molecular weight is 456 g/mol. The summed E-state index contributed by atoms with van der Waals surface area (Å²) in [6.07, 6.45) is 6.76. The highest BCUT2D eigenvalue weighted by Gasteiger charge is 2.43. The summed E-state index contributed by atoms with van der Waals surface area (Å²) in [7, 11) is 4.11. The van der Waals surface area contributed by atoms with Gasteiger partial charge in [0.25, 0.3) is 0 Å². The zero-order valence-corrected chi connectivity index (χ0v) is 18.0. The summed E-state index contributed by atoms with van der Waals surface area (Å²) in [4.78, 5) is 9.35. The van der Waals surface area contributed by atoms with E-state index in [9.17, 15) is 0 Å². The van der Waals surface area contributed by atoms with Crippen molar-refractivity contribution >= 4 is 29.9 Å². The summed E-state index contributed by atoms with van der Waals surface area (Å²) < 4.78 is 0. The van der Waals surface area contributed by atoms with Gasteiger partial charge in [0.1, 0.15) is 0 Å². The van der Waals surface area contributed by atoms with Gasteiger partial charge in [0.05, 0.1) is 0 Å². The third-order valence-electron chi connectivity index (χ3n) is 5.66. The van der Waals surface area contributed by atoms with Gasteiger partial charge in [-0.05, 0) is 50.3 Å². The monoisotopic (exact) mass is 456 g/mol. The molecule has 1 saturated heterocycles. The van der Waals surface area contributed by atoms with E-state index < -0.39 is 0 Å². The van der Waals surface area contributed by atoms with Gasteiger partial charge in [0.2, 0.25) is 0 Å². The number of likely N-dealkylation sites (tertiary alicyclic amines) is 1. The fourth-order valence-corrected chi connectivity index (χ4v) is 4.06. The maximum Gasteiger partial charge on any atom is 0.193 e. The number of benzene rings is 1. The molecule has 1 aliphatic heterocycles. The molecule has 1 spiro atoms. The summed E-state index contributed by atoms with van der Waals surface area (Å²) in [6, 6.07) is 10.7. The lowest BCUT2D eigenvalue weighted by atomic mass is 9.68. The highest BCUT2D eigenvalue weighted by atomic mass is 127. The molecule has 1 aromatic carbocycles. The van der Waals surface area contributed by atoms with Gasteiger partial charge in [0.15, 0.2) is 5.96 Å². The number of aliphatic imine (C=N–C) groups is 1. The zero-order valence-electron chi connectivity index (χ0n) is 15.7. The van der Waals surface area contributed by atoms with Gasteiger partial charge >= 0.3 is 0 Å². The molecule has 5 heteroatoms. The van der Waals surface area contributed by atoms with Crippen LogP contribution >= 0.6 is 24.0 Å². The van der Waals surface area contributed by atoms with Crippen molar-refractivity contribution in [1.29, 1.82) is 0 Å². The van der Waals surface area contributed by atoms with E-state index >= 15 is 0 Å². The highest BCUT2D eigenvalue weighted by molar-refractivity contribution is 14.0. The lowest BCUT2D eigenvalue weighted by Crippen LogP contribution is -2.43. The number of rotatable bonds is 6. The van der Waals surface area contributed by atoms with Gasteiger partial charge in [-0.1, -0.05) is 36.8 Å². The fourth-order valence-electron chi connectivity index (χ4n) is 4.06. The van der Waals surface area contributed by atoms with E-state index in [4.69, 9.17) is 0 Å². The Morgan fingerprint density at radius 1 is 1.24 bits per heavy atom. The Labute approximate surface area is 170 Å². The van der Waals surface area contributed by atoms with Crippen LogP contribution in [0.1, 0.15) is 37.7 Å². The molecule has 3 rings (SSSR count). The van der Waals surface area contributed by atoms with Crippen LogP contribution in [0.5, 0.6) is 0 Å². The molecule has 0 radical (unpaired) electrons. The van der Waals surface area contributed by atoms with Gasteiger partial charge in [-0.3, -0.25) is 4.99 Å². The quantitative estimate of drug-likeness (QED) is 0.307. The molecule has 0 unspecified atom stereocenters. The number of guanidine groups is 1. The van der Waals surface area contributed by atoms with Crippen LogP contribution in [-0.4, -0.2) is 56.0 Å². The van der Waals surface area contributed by atoms with Crippen LogP contribution in [0.25, 0.3) is 0 Å². The Morgan fingerprint density at radius 3 is 2.60 bits per heavy atom. The Balaban J connectivity index is 0.00000225. The van der Waals surface area contributed by atoms with E-state index in [1.807, 2.05) is 7.05 Å². The Kier molecular flexibility index (Phi) is 8.00. The van der Waals surface area contributed by atoms with E-state index in [0.29, 0.717) is 5.41 Å². The molecule has 0 bridgehead atoms. The smallest absolute Gasteiger partial charge is 0.193 e. The Hall–Kier alpha value is -0.820. The number of hydrogen-bond donors (Lipinski definition) is 1. The third kappa shape index (κ3) is 5.58. The van der Waals surface area contributed by atoms with Crippen molar-refractivity contribution in [3.05, 3.63) is 35.9 Å². The van der Waals surface area contributed by atoms with Crippen LogP contribution in [0.15, 0.2) is 35.3 Å². The number of halogens is 1. The molecule has 1 N–H and O–H groups in total. The average Bonchev–Trinajstić information content (AvgIpc) is 3.02. The molecule has 4 nitrogen and oxygen atoms in total. The molecule has 0 atom stereocenters. The van der Waals surface area contributed by atoms with E-state index in [-0.39, 0.29) is 24.0 Å². The van der Waals surface area contributed by atoms with E-state index in [0.717, 1.165) is 32.0 Å². The minimum atomic E-state index is 0. The van der Waals surface area contributed by atoms with Crippen LogP contribution in [0, 0.1) is 5.41 Å². The van der Waals surface area contributed by atoms with Crippen molar-refractivity contribution in [2.75, 3.05) is 40.3 Å². The first kappa shape index (κ1) is 20.5. The molecule has 1 aliphatic carbocycles. The Bertz CT molecular complexity index is 542. The van der Waals surface area contributed by atoms with Gasteiger partial charge in [-0.2, -0.15) is 0 Å². The number of nitrogens with zero attached hydrogens (tertiary/aromatic N) is 3. The second kappa shape index (κ2) is 9.76. The maximum atomic E-state index is 4.50. The van der Waals surface area contributed by atoms with Crippen molar-refractivity contribution < 1.29 is 0 Å². The number of hydrogen-bond acceptors (Lipinski definition) is 2. The molecule has 2 fully saturated rings. The topological polar surface area (TPSA) is 30.9 Å². The normalized spacial score (nSPS) is 19.0. The minimum Gasteiger partial charge on any atom is -0.356 e. The van der Waals surface area contributed by atoms with E-state index in [1.54, 1.807) is 0 Å². The highest BCUT2D eigenvalue weighted by Crippen LogP contribution is 2.47. The lowest BCUT2D eigenvalue weighted by Gasteiger charge is -2.38. The van der Waals surface area contributed by atoms with Crippen molar-refractivity contribution in [2.45, 2.75) is 38.6 Å². The second-order valence-corrected chi connectivity index (χ2v) is 7.58. The minimum absolute atomic E-state index is 0. The number of nitrogens with one attached hydrogen (secondary N) is 1. The molecular formula is C20H33IN4. The summed E-state index contributed by atoms with van der Waals surface area (Å²) in [6.45, 7) is 5.50. The van der Waals surface area contributed by atoms with Crippen molar-refractivity contribution in [1.82, 2.24) is 15.1 Å². The van der Waals surface area contributed by atoms with Crippen molar-refractivity contribution in [3.63, 3.8) is 0 Å². The largest absolute Gasteiger partial charge is 0.356 e.